The molecular weight excluding hydrogens is 416 g/mol. The van der Waals surface area contributed by atoms with Crippen LogP contribution in [-0.2, 0) is 11.2 Å². The van der Waals surface area contributed by atoms with E-state index in [1.807, 2.05) is 17.5 Å². The molecule has 1 aromatic heterocycles. The van der Waals surface area contributed by atoms with Gasteiger partial charge in [-0.05, 0) is 42.6 Å². The van der Waals surface area contributed by atoms with Crippen LogP contribution in [0.5, 0.6) is 23.0 Å². The standard InChI is InChI=1S/C24H20O6S/c1-14-18(29-21(25)13-16-7-5-11-31-16)10-9-17-22(26)20(30-23(14)17)12-15-6-4-8-19(27-2)24(15)28-3/h4-12H,13H2,1-3H3/b20-12-. The number of rotatable bonds is 6. The number of methoxy groups -OCH3 is 2. The molecule has 0 saturated carbocycles. The van der Waals surface area contributed by atoms with Gasteiger partial charge >= 0.3 is 5.97 Å². The van der Waals surface area contributed by atoms with Crippen LogP contribution in [0.25, 0.3) is 6.08 Å². The number of carbonyl (C=O) groups excluding carboxylic acids is 2. The molecule has 158 valence electrons. The minimum atomic E-state index is -0.369. The second kappa shape index (κ2) is 8.65. The van der Waals surface area contributed by atoms with Gasteiger partial charge in [0, 0.05) is 16.0 Å². The zero-order valence-corrected chi connectivity index (χ0v) is 18.1. The molecule has 4 rings (SSSR count). The Hall–Kier alpha value is -3.58. The molecule has 0 atom stereocenters. The van der Waals surface area contributed by atoms with Gasteiger partial charge in [-0.25, -0.2) is 0 Å². The van der Waals surface area contributed by atoms with E-state index >= 15 is 0 Å². The van der Waals surface area contributed by atoms with Gasteiger partial charge in [-0.2, -0.15) is 0 Å². The second-order valence-electron chi connectivity index (χ2n) is 6.82. The molecule has 0 bridgehead atoms. The summed E-state index contributed by atoms with van der Waals surface area (Å²) in [4.78, 5) is 26.1. The quantitative estimate of drug-likeness (QED) is 0.313. The van der Waals surface area contributed by atoms with Gasteiger partial charge < -0.3 is 18.9 Å². The molecule has 31 heavy (non-hydrogen) atoms. The second-order valence-corrected chi connectivity index (χ2v) is 7.85. The number of hydrogen-bond acceptors (Lipinski definition) is 7. The van der Waals surface area contributed by atoms with Crippen molar-refractivity contribution in [1.29, 1.82) is 0 Å². The van der Waals surface area contributed by atoms with E-state index in [2.05, 4.69) is 0 Å². The van der Waals surface area contributed by atoms with Crippen LogP contribution in [0.4, 0.5) is 0 Å². The van der Waals surface area contributed by atoms with E-state index < -0.39 is 0 Å². The molecule has 0 unspecified atom stereocenters. The molecule has 0 spiro atoms. The number of esters is 1. The molecular formula is C24H20O6S. The molecule has 0 amide bonds. The average Bonchev–Trinajstić information content (AvgIpc) is 3.38. The molecule has 0 aliphatic carbocycles. The van der Waals surface area contributed by atoms with Crippen molar-refractivity contribution in [3.63, 3.8) is 0 Å². The molecule has 0 saturated heterocycles. The van der Waals surface area contributed by atoms with Crippen LogP contribution in [0.3, 0.4) is 0 Å². The highest BCUT2D eigenvalue weighted by atomic mass is 32.1. The molecule has 0 radical (unpaired) electrons. The van der Waals surface area contributed by atoms with Gasteiger partial charge in [0.2, 0.25) is 5.78 Å². The molecule has 2 heterocycles. The highest BCUT2D eigenvalue weighted by Gasteiger charge is 2.31. The monoisotopic (exact) mass is 436 g/mol. The van der Waals surface area contributed by atoms with Gasteiger partial charge in [0.05, 0.1) is 26.2 Å². The minimum Gasteiger partial charge on any atom is -0.493 e. The Labute approximate surface area is 183 Å². The van der Waals surface area contributed by atoms with Crippen LogP contribution in [0.2, 0.25) is 0 Å². The summed E-state index contributed by atoms with van der Waals surface area (Å²) >= 11 is 1.50. The fraction of sp³-hybridized carbons (Fsp3) is 0.167. The first kappa shape index (κ1) is 20.7. The number of ketones is 1. The Kier molecular flexibility index (Phi) is 5.77. The van der Waals surface area contributed by atoms with Crippen molar-refractivity contribution in [3.05, 3.63) is 75.2 Å². The Morgan fingerprint density at radius 3 is 2.61 bits per heavy atom. The number of ether oxygens (including phenoxy) is 4. The molecule has 1 aliphatic rings. The highest BCUT2D eigenvalue weighted by molar-refractivity contribution is 7.10. The van der Waals surface area contributed by atoms with E-state index in [4.69, 9.17) is 18.9 Å². The molecule has 3 aromatic rings. The van der Waals surface area contributed by atoms with Crippen LogP contribution < -0.4 is 18.9 Å². The van der Waals surface area contributed by atoms with Gasteiger partial charge in [-0.15, -0.1) is 11.3 Å². The van der Waals surface area contributed by atoms with Crippen molar-refractivity contribution in [2.75, 3.05) is 14.2 Å². The molecule has 1 aliphatic heterocycles. The summed E-state index contributed by atoms with van der Waals surface area (Å²) in [6, 6.07) is 12.4. The van der Waals surface area contributed by atoms with E-state index in [0.29, 0.717) is 39.7 Å². The van der Waals surface area contributed by atoms with Gasteiger partial charge in [0.1, 0.15) is 11.5 Å². The van der Waals surface area contributed by atoms with Crippen molar-refractivity contribution in [2.24, 2.45) is 0 Å². The van der Waals surface area contributed by atoms with Crippen molar-refractivity contribution >= 4 is 29.2 Å². The summed E-state index contributed by atoms with van der Waals surface area (Å²) in [7, 11) is 3.08. The summed E-state index contributed by atoms with van der Waals surface area (Å²) in [5.74, 6) is 1.35. The number of Topliss-reactive ketones (excluding diaryl/α,β-unsaturated/α-hetero) is 1. The summed E-state index contributed by atoms with van der Waals surface area (Å²) in [6.07, 6.45) is 1.81. The van der Waals surface area contributed by atoms with Crippen LogP contribution in [-0.4, -0.2) is 26.0 Å². The average molecular weight is 436 g/mol. The number of fused-ring (bicyclic) bond motifs is 1. The van der Waals surface area contributed by atoms with E-state index in [1.54, 1.807) is 50.4 Å². The maximum Gasteiger partial charge on any atom is 0.316 e. The number of hydrogen-bond donors (Lipinski definition) is 0. The maximum atomic E-state index is 12.9. The predicted molar refractivity (Wildman–Crippen MR) is 117 cm³/mol. The normalized spacial score (nSPS) is 13.6. The largest absolute Gasteiger partial charge is 0.493 e. The zero-order valence-electron chi connectivity index (χ0n) is 17.3. The Balaban J connectivity index is 1.60. The van der Waals surface area contributed by atoms with Gasteiger partial charge in [-0.1, -0.05) is 18.2 Å². The van der Waals surface area contributed by atoms with E-state index in [9.17, 15) is 9.59 Å². The van der Waals surface area contributed by atoms with Crippen molar-refractivity contribution < 1.29 is 28.5 Å². The Morgan fingerprint density at radius 2 is 1.90 bits per heavy atom. The highest BCUT2D eigenvalue weighted by Crippen LogP contribution is 2.40. The third-order valence-corrected chi connectivity index (χ3v) is 5.76. The van der Waals surface area contributed by atoms with Crippen LogP contribution in [0, 0.1) is 6.92 Å². The van der Waals surface area contributed by atoms with Gasteiger partial charge in [0.15, 0.2) is 17.3 Å². The number of para-hydroxylation sites is 1. The van der Waals surface area contributed by atoms with E-state index in [-0.39, 0.29) is 23.9 Å². The molecule has 7 heteroatoms. The van der Waals surface area contributed by atoms with E-state index in [0.717, 1.165) is 4.88 Å². The Morgan fingerprint density at radius 1 is 1.06 bits per heavy atom. The third-order valence-electron chi connectivity index (χ3n) is 4.88. The van der Waals surface area contributed by atoms with E-state index in [1.165, 1.54) is 18.4 Å². The predicted octanol–water partition coefficient (Wildman–Crippen LogP) is 4.84. The molecule has 2 aromatic carbocycles. The topological polar surface area (TPSA) is 71.1 Å². The maximum absolute atomic E-state index is 12.9. The number of allylic oxidation sites excluding steroid dienone is 1. The lowest BCUT2D eigenvalue weighted by molar-refractivity contribution is -0.133. The molecule has 0 N–H and O–H groups in total. The van der Waals surface area contributed by atoms with Crippen LogP contribution >= 0.6 is 11.3 Å². The first-order chi connectivity index (χ1) is 15.0. The first-order valence-corrected chi connectivity index (χ1v) is 10.4. The Bertz CT molecular complexity index is 1180. The smallest absolute Gasteiger partial charge is 0.316 e. The van der Waals surface area contributed by atoms with Crippen molar-refractivity contribution in [1.82, 2.24) is 0 Å². The lowest BCUT2D eigenvalue weighted by atomic mass is 10.1. The van der Waals surface area contributed by atoms with Crippen LogP contribution in [0.1, 0.15) is 26.4 Å². The van der Waals surface area contributed by atoms with Crippen LogP contribution in [0.15, 0.2) is 53.6 Å². The van der Waals surface area contributed by atoms with Crippen molar-refractivity contribution in [2.45, 2.75) is 13.3 Å². The number of carbonyl (C=O) groups is 2. The summed E-state index contributed by atoms with van der Waals surface area (Å²) in [6.45, 7) is 1.76. The first-order valence-electron chi connectivity index (χ1n) is 9.53. The lowest BCUT2D eigenvalue weighted by Crippen LogP contribution is -2.11. The fourth-order valence-corrected chi connectivity index (χ4v) is 4.05. The summed E-state index contributed by atoms with van der Waals surface area (Å²) in [5, 5.41) is 1.91. The van der Waals surface area contributed by atoms with Crippen molar-refractivity contribution in [3.8, 4) is 23.0 Å². The fourth-order valence-electron chi connectivity index (χ4n) is 3.36. The third kappa shape index (κ3) is 4.04. The molecule has 6 nitrogen and oxygen atoms in total. The summed E-state index contributed by atoms with van der Waals surface area (Å²) < 4.78 is 22.1. The zero-order chi connectivity index (χ0) is 22.0. The number of thiophene rings is 1. The van der Waals surface area contributed by atoms with Gasteiger partial charge in [0.25, 0.3) is 0 Å². The van der Waals surface area contributed by atoms with Gasteiger partial charge in [-0.3, -0.25) is 9.59 Å². The summed E-state index contributed by atoms with van der Waals surface area (Å²) in [5.41, 5.74) is 1.66. The molecule has 0 fully saturated rings. The number of benzene rings is 2. The lowest BCUT2D eigenvalue weighted by Gasteiger charge is -2.11. The minimum absolute atomic E-state index is 0.159. The SMILES string of the molecule is COc1cccc(/C=C2\Oc3c(ccc(OC(=O)Cc4cccs4)c3C)C2=O)c1OC.